The van der Waals surface area contributed by atoms with E-state index in [-0.39, 0.29) is 39.5 Å². The number of ketones is 1. The summed E-state index contributed by atoms with van der Waals surface area (Å²) in [6.45, 7) is 10.1. The number of carbonyl (C=O) groups excluding carboxylic acids is 2. The number of rotatable bonds is 8. The number of aliphatic hydroxyl groups excluding tert-OH is 1. The first-order chi connectivity index (χ1) is 18.9. The van der Waals surface area contributed by atoms with Crippen LogP contribution < -0.4 is 0 Å². The van der Waals surface area contributed by atoms with Gasteiger partial charge in [-0.3, -0.25) is 9.59 Å². The average molecular weight is 678 g/mol. The molecular weight excluding hydrogens is 633 g/mol. The molecule has 5 nitrogen and oxygen atoms in total. The summed E-state index contributed by atoms with van der Waals surface area (Å²) in [4.78, 5) is 26.1. The summed E-state index contributed by atoms with van der Waals surface area (Å²) in [6.07, 6.45) is 9.81. The number of hydrogen-bond acceptors (Lipinski definition) is 6. The molecule has 0 aromatic heterocycles. The third kappa shape index (κ3) is 4.70. The van der Waals surface area contributed by atoms with Crippen molar-refractivity contribution in [2.75, 3.05) is 16.8 Å². The molecule has 2 N–H and O–H groups in total. The van der Waals surface area contributed by atoms with Gasteiger partial charge >= 0.3 is 0 Å². The lowest BCUT2D eigenvalue weighted by atomic mass is 9.36. The molecule has 0 unspecified atom stereocenters. The minimum absolute atomic E-state index is 0.0162. The van der Waals surface area contributed by atoms with Crippen molar-refractivity contribution in [2.45, 2.75) is 72.3 Å². The second kappa shape index (κ2) is 11.3. The fourth-order valence-electron chi connectivity index (χ4n) is 9.63. The molecule has 0 amide bonds. The normalized spacial score (nSPS) is 40.4. The Morgan fingerprint density at radius 1 is 1.12 bits per heavy atom. The van der Waals surface area contributed by atoms with Crippen LogP contribution in [0.2, 0.25) is 0 Å². The van der Waals surface area contributed by atoms with E-state index in [0.29, 0.717) is 23.3 Å². The summed E-state index contributed by atoms with van der Waals surface area (Å²) in [6, 6.07) is 10.3. The first-order valence-electron chi connectivity index (χ1n) is 14.7. The van der Waals surface area contributed by atoms with Gasteiger partial charge in [-0.15, -0.1) is 0 Å². The van der Waals surface area contributed by atoms with E-state index in [9.17, 15) is 19.9 Å². The highest BCUT2D eigenvalue weighted by Gasteiger charge is 2.74. The van der Waals surface area contributed by atoms with E-state index in [0.717, 1.165) is 37.7 Å². The predicted molar refractivity (Wildman–Crippen MR) is 169 cm³/mol. The Morgan fingerprint density at radius 3 is 2.55 bits per heavy atom. The van der Waals surface area contributed by atoms with E-state index in [1.807, 2.05) is 18.2 Å². The lowest BCUT2D eigenvalue weighted by molar-refractivity contribution is -0.211. The molecule has 5 rings (SSSR count). The van der Waals surface area contributed by atoms with Crippen LogP contribution in [0.5, 0.6) is 0 Å². The number of allylic oxidation sites excluding steroid dienone is 4. The summed E-state index contributed by atoms with van der Waals surface area (Å²) in [5.74, 6) is 0.00775. The number of thioether (sulfide) groups is 1. The summed E-state index contributed by atoms with van der Waals surface area (Å²) in [7, 11) is 0. The van der Waals surface area contributed by atoms with Gasteiger partial charge in [0, 0.05) is 29.8 Å². The number of carbonyl (C=O) groups is 2. The molecule has 0 saturated heterocycles. The van der Waals surface area contributed by atoms with Crippen LogP contribution in [-0.4, -0.2) is 49.2 Å². The van der Waals surface area contributed by atoms with Gasteiger partial charge in [0.25, 0.3) is 0 Å². The molecule has 1 aromatic carbocycles. The average Bonchev–Trinajstić information content (AvgIpc) is 3.12. The van der Waals surface area contributed by atoms with Gasteiger partial charge in [-0.25, -0.2) is 0 Å². The SMILES string of the molecule is C[C@]12[C@@H](CCC3=CC(=O)C=C[C@@]31C)[C@]1(C)C[C@@H](CN(O)CCCc3ccccc3)[C@H](C(=O)SCI)[C@@]1(C)C[C@@H]2O. The third-order valence-corrected chi connectivity index (χ3v) is 13.5. The zero-order valence-electron chi connectivity index (χ0n) is 24.2. The summed E-state index contributed by atoms with van der Waals surface area (Å²) >= 11 is 3.64. The first kappa shape index (κ1) is 30.5. The molecule has 0 heterocycles. The Balaban J connectivity index is 1.44. The van der Waals surface area contributed by atoms with E-state index in [2.05, 4.69) is 68.5 Å². The summed E-state index contributed by atoms with van der Waals surface area (Å²) < 4.78 is 0.696. The maximum Gasteiger partial charge on any atom is 0.193 e. The highest BCUT2D eigenvalue weighted by molar-refractivity contribution is 14.1. The minimum atomic E-state index is -0.600. The zero-order valence-corrected chi connectivity index (χ0v) is 27.2. The zero-order chi connectivity index (χ0) is 28.9. The maximum atomic E-state index is 13.8. The van der Waals surface area contributed by atoms with Crippen molar-refractivity contribution in [1.82, 2.24) is 5.06 Å². The van der Waals surface area contributed by atoms with Crippen molar-refractivity contribution in [3.63, 3.8) is 0 Å². The number of alkyl halides is 1. The molecule has 0 radical (unpaired) electrons. The molecule has 0 bridgehead atoms. The lowest BCUT2D eigenvalue weighted by Crippen LogP contribution is -2.66. The molecule has 3 saturated carbocycles. The van der Waals surface area contributed by atoms with Crippen LogP contribution in [0.1, 0.15) is 65.4 Å². The Kier molecular flexibility index (Phi) is 8.57. The van der Waals surface area contributed by atoms with E-state index >= 15 is 0 Å². The number of hydrogen-bond donors (Lipinski definition) is 2. The van der Waals surface area contributed by atoms with Crippen molar-refractivity contribution in [1.29, 1.82) is 0 Å². The van der Waals surface area contributed by atoms with E-state index in [1.54, 1.807) is 12.2 Å². The Labute approximate surface area is 257 Å². The monoisotopic (exact) mass is 677 g/mol. The second-order valence-corrected chi connectivity index (χ2v) is 16.3. The fraction of sp³-hybridized carbons (Fsp3) is 0.636. The smallest absolute Gasteiger partial charge is 0.193 e. The van der Waals surface area contributed by atoms with Crippen LogP contribution >= 0.6 is 34.4 Å². The third-order valence-electron chi connectivity index (χ3n) is 12.0. The van der Waals surface area contributed by atoms with Crippen molar-refractivity contribution in [3.05, 3.63) is 59.7 Å². The largest absolute Gasteiger partial charge is 0.392 e. The number of halogens is 1. The van der Waals surface area contributed by atoms with Crippen LogP contribution in [0.25, 0.3) is 0 Å². The van der Waals surface area contributed by atoms with Crippen LogP contribution in [0.3, 0.4) is 0 Å². The van der Waals surface area contributed by atoms with Gasteiger partial charge in [0.1, 0.15) is 0 Å². The molecule has 40 heavy (non-hydrogen) atoms. The molecular formula is C33H44INO4S. The number of fused-ring (bicyclic) bond motifs is 5. The minimum Gasteiger partial charge on any atom is -0.392 e. The standard InChI is InChI=1S/C33H44INO4S/c1-30-15-14-25(36)17-24(30)12-13-26-31(2)18-23(20-35(39)16-8-11-22-9-6-5-7-10-22)28(29(38)40-21-34)32(31,3)19-27(37)33(26,30)4/h5-7,9-10,14-15,17,23,26-28,37,39H,8,11-13,16,18-21H2,1-4H3/t23-,26-,27-,28+,30-,31-,32+,33+/m0/s1. The summed E-state index contributed by atoms with van der Waals surface area (Å²) in [5.41, 5.74) is 0.978. The quantitative estimate of drug-likeness (QED) is 0.178. The molecule has 4 aliphatic carbocycles. The molecule has 4 aliphatic rings. The first-order valence-corrected chi connectivity index (χ1v) is 17.2. The molecule has 218 valence electrons. The Hall–Kier alpha value is -1.000. The maximum absolute atomic E-state index is 13.8. The number of hydroxylamine groups is 2. The lowest BCUT2D eigenvalue weighted by Gasteiger charge is -2.68. The van der Waals surface area contributed by atoms with Crippen molar-refractivity contribution in [2.24, 2.45) is 39.4 Å². The van der Waals surface area contributed by atoms with Crippen LogP contribution in [0, 0.1) is 39.4 Å². The number of benzene rings is 1. The molecule has 0 aliphatic heterocycles. The van der Waals surface area contributed by atoms with Gasteiger partial charge in [-0.05, 0) is 78.9 Å². The topological polar surface area (TPSA) is 77.8 Å². The second-order valence-electron chi connectivity index (χ2n) is 13.6. The summed E-state index contributed by atoms with van der Waals surface area (Å²) in [5, 5.41) is 24.8. The highest BCUT2D eigenvalue weighted by Crippen LogP contribution is 2.76. The molecule has 0 spiro atoms. The fourth-order valence-corrected chi connectivity index (χ4v) is 11.3. The Morgan fingerprint density at radius 2 is 1.85 bits per heavy atom. The molecule has 3 fully saturated rings. The van der Waals surface area contributed by atoms with Gasteiger partial charge in [0.2, 0.25) is 0 Å². The van der Waals surface area contributed by atoms with Crippen LogP contribution in [0.4, 0.5) is 0 Å². The predicted octanol–water partition coefficient (Wildman–Crippen LogP) is 6.86. The van der Waals surface area contributed by atoms with Crippen LogP contribution in [-0.2, 0) is 16.0 Å². The number of aliphatic hydroxyl groups is 1. The van der Waals surface area contributed by atoms with Crippen LogP contribution in [0.15, 0.2) is 54.1 Å². The van der Waals surface area contributed by atoms with Gasteiger partial charge < -0.3 is 10.3 Å². The van der Waals surface area contributed by atoms with Gasteiger partial charge in [0.05, 0.1) is 9.86 Å². The molecule has 1 aromatic rings. The van der Waals surface area contributed by atoms with Gasteiger partial charge in [0.15, 0.2) is 10.9 Å². The number of aryl methyl sites for hydroxylation is 1. The van der Waals surface area contributed by atoms with Crippen molar-refractivity contribution in [3.8, 4) is 0 Å². The van der Waals surface area contributed by atoms with E-state index in [4.69, 9.17) is 0 Å². The van der Waals surface area contributed by atoms with Gasteiger partial charge in [-0.1, -0.05) is 104 Å². The molecule has 8 atom stereocenters. The Bertz CT molecular complexity index is 1200. The highest BCUT2D eigenvalue weighted by atomic mass is 127. The van der Waals surface area contributed by atoms with E-state index < -0.39 is 16.9 Å². The van der Waals surface area contributed by atoms with E-state index in [1.165, 1.54) is 22.4 Å². The molecule has 7 heteroatoms. The number of nitrogens with zero attached hydrogens (tertiary/aromatic N) is 1. The van der Waals surface area contributed by atoms with Crippen molar-refractivity contribution < 1.29 is 19.9 Å². The van der Waals surface area contributed by atoms with Crippen molar-refractivity contribution >= 4 is 45.3 Å². The van der Waals surface area contributed by atoms with Gasteiger partial charge in [-0.2, -0.15) is 5.06 Å².